The Balaban J connectivity index is 1.56. The molecule has 26 heavy (non-hydrogen) atoms. The second kappa shape index (κ2) is 7.34. The summed E-state index contributed by atoms with van der Waals surface area (Å²) in [6.45, 7) is 2.83. The van der Waals surface area contributed by atoms with Crippen LogP contribution in [0.2, 0.25) is 0 Å². The largest absolute Gasteiger partial charge is 0.361 e. The number of H-pyrrole nitrogens is 1. The van der Waals surface area contributed by atoms with Crippen LogP contribution >= 0.6 is 0 Å². The number of aromatic nitrogens is 1. The molecule has 1 fully saturated rings. The van der Waals surface area contributed by atoms with E-state index < -0.39 is 0 Å². The molecule has 4 heteroatoms. The van der Waals surface area contributed by atoms with Gasteiger partial charge in [0.25, 0.3) is 5.91 Å². The van der Waals surface area contributed by atoms with Crippen LogP contribution in [0.5, 0.6) is 0 Å². The first-order valence-corrected chi connectivity index (χ1v) is 9.47. The number of quaternary nitrogens is 1. The van der Waals surface area contributed by atoms with Gasteiger partial charge in [0, 0.05) is 23.1 Å². The Kier molecular flexibility index (Phi) is 4.76. The maximum Gasteiger partial charge on any atom is 0.278 e. The summed E-state index contributed by atoms with van der Waals surface area (Å²) in [7, 11) is 0. The molecule has 0 unspecified atom stereocenters. The zero-order chi connectivity index (χ0) is 17.9. The van der Waals surface area contributed by atoms with Gasteiger partial charge in [0.15, 0.2) is 6.04 Å². The molecule has 1 aliphatic rings. The average molecular weight is 348 g/mol. The van der Waals surface area contributed by atoms with Crippen LogP contribution in [0, 0.1) is 0 Å². The summed E-state index contributed by atoms with van der Waals surface area (Å²) in [6.07, 6.45) is 4.37. The molecule has 1 amide bonds. The standard InChI is InChI=1S/C22H25N3O/c1-15(22(26)25-17-11-12-17)23-13-19(16-7-3-2-4-8-16)20-14-24-21-10-6-5-9-18(20)21/h2-10,14-15,17,19,23-24H,11-13H2,1H3,(H,25,26)/p+1/t15-,19+/m1/s1. The van der Waals surface area contributed by atoms with E-state index in [2.05, 4.69) is 70.3 Å². The molecular weight excluding hydrogens is 322 g/mol. The minimum atomic E-state index is -0.0768. The number of amides is 1. The van der Waals surface area contributed by atoms with Crippen molar-refractivity contribution in [2.75, 3.05) is 6.54 Å². The molecule has 1 heterocycles. The number of hydrogen-bond donors (Lipinski definition) is 3. The number of carbonyl (C=O) groups excluding carboxylic acids is 1. The molecule has 3 aromatic rings. The normalized spacial score (nSPS) is 16.3. The van der Waals surface area contributed by atoms with E-state index in [1.165, 1.54) is 16.5 Å². The predicted molar refractivity (Wildman–Crippen MR) is 104 cm³/mol. The van der Waals surface area contributed by atoms with Crippen molar-refractivity contribution < 1.29 is 10.1 Å². The molecule has 0 aliphatic heterocycles. The van der Waals surface area contributed by atoms with E-state index in [1.54, 1.807) is 0 Å². The van der Waals surface area contributed by atoms with Crippen molar-refractivity contribution in [1.82, 2.24) is 10.3 Å². The van der Waals surface area contributed by atoms with Gasteiger partial charge in [-0.15, -0.1) is 0 Å². The summed E-state index contributed by atoms with van der Waals surface area (Å²) in [4.78, 5) is 15.7. The highest BCUT2D eigenvalue weighted by Gasteiger charge is 2.28. The number of aromatic amines is 1. The molecule has 1 aromatic heterocycles. The quantitative estimate of drug-likeness (QED) is 0.604. The predicted octanol–water partition coefficient (Wildman–Crippen LogP) is 2.53. The summed E-state index contributed by atoms with van der Waals surface area (Å²) in [5.74, 6) is 0.391. The fourth-order valence-corrected chi connectivity index (χ4v) is 3.52. The molecule has 0 bridgehead atoms. The third-order valence-corrected chi connectivity index (χ3v) is 5.26. The monoisotopic (exact) mass is 348 g/mol. The van der Waals surface area contributed by atoms with Crippen LogP contribution in [0.4, 0.5) is 0 Å². The Hall–Kier alpha value is -2.59. The zero-order valence-electron chi connectivity index (χ0n) is 15.1. The first-order chi connectivity index (χ1) is 12.7. The third kappa shape index (κ3) is 3.65. The molecule has 2 atom stereocenters. The molecule has 1 saturated carbocycles. The van der Waals surface area contributed by atoms with Gasteiger partial charge in [-0.05, 0) is 37.0 Å². The number of hydrogen-bond acceptors (Lipinski definition) is 1. The van der Waals surface area contributed by atoms with Gasteiger partial charge in [0.2, 0.25) is 0 Å². The average Bonchev–Trinajstić information content (AvgIpc) is 3.39. The van der Waals surface area contributed by atoms with Crippen LogP contribution in [0.15, 0.2) is 60.8 Å². The number of fused-ring (bicyclic) bond motifs is 1. The lowest BCUT2D eigenvalue weighted by Gasteiger charge is -2.18. The molecule has 0 spiro atoms. The van der Waals surface area contributed by atoms with Crippen LogP contribution in [0.1, 0.15) is 36.8 Å². The van der Waals surface area contributed by atoms with Crippen molar-refractivity contribution in [2.45, 2.75) is 37.8 Å². The Morgan fingerprint density at radius 2 is 1.88 bits per heavy atom. The lowest BCUT2D eigenvalue weighted by molar-refractivity contribution is -0.674. The summed E-state index contributed by atoms with van der Waals surface area (Å²) in [6, 6.07) is 19.3. The van der Waals surface area contributed by atoms with Crippen LogP contribution in [0.25, 0.3) is 10.9 Å². The number of benzene rings is 2. The second-order valence-corrected chi connectivity index (χ2v) is 7.30. The number of rotatable bonds is 7. The van der Waals surface area contributed by atoms with Crippen LogP contribution < -0.4 is 10.6 Å². The molecule has 0 radical (unpaired) electrons. The van der Waals surface area contributed by atoms with Gasteiger partial charge in [0.1, 0.15) is 0 Å². The minimum absolute atomic E-state index is 0.0768. The fourth-order valence-electron chi connectivity index (χ4n) is 3.52. The van der Waals surface area contributed by atoms with Gasteiger partial charge in [-0.1, -0.05) is 48.5 Å². The number of carbonyl (C=O) groups is 1. The molecular formula is C22H26N3O+. The van der Waals surface area contributed by atoms with E-state index in [4.69, 9.17) is 0 Å². The van der Waals surface area contributed by atoms with E-state index in [0.717, 1.165) is 24.9 Å². The SMILES string of the molecule is C[C@@H]([NH2+]C[C@@H](c1ccccc1)c1c[nH]c2ccccc12)C(=O)NC1CC1. The van der Waals surface area contributed by atoms with Crippen LogP contribution in [-0.2, 0) is 4.79 Å². The Morgan fingerprint density at radius 1 is 1.15 bits per heavy atom. The third-order valence-electron chi connectivity index (χ3n) is 5.26. The van der Waals surface area contributed by atoms with E-state index in [9.17, 15) is 4.79 Å². The number of nitrogens with one attached hydrogen (secondary N) is 2. The molecule has 4 N–H and O–H groups in total. The van der Waals surface area contributed by atoms with E-state index in [1.807, 2.05) is 13.0 Å². The highest BCUT2D eigenvalue weighted by molar-refractivity contribution is 5.84. The van der Waals surface area contributed by atoms with Crippen molar-refractivity contribution in [3.8, 4) is 0 Å². The van der Waals surface area contributed by atoms with Crippen LogP contribution in [0.3, 0.4) is 0 Å². The second-order valence-electron chi connectivity index (χ2n) is 7.30. The topological polar surface area (TPSA) is 61.5 Å². The van der Waals surface area contributed by atoms with Gasteiger partial charge in [-0.2, -0.15) is 0 Å². The summed E-state index contributed by atoms with van der Waals surface area (Å²) in [5, 5.41) is 6.52. The van der Waals surface area contributed by atoms with E-state index in [0.29, 0.717) is 6.04 Å². The lowest BCUT2D eigenvalue weighted by atomic mass is 9.90. The zero-order valence-corrected chi connectivity index (χ0v) is 15.1. The molecule has 4 nitrogen and oxygen atoms in total. The van der Waals surface area contributed by atoms with Crippen molar-refractivity contribution in [3.63, 3.8) is 0 Å². The summed E-state index contributed by atoms with van der Waals surface area (Å²) < 4.78 is 0. The van der Waals surface area contributed by atoms with Gasteiger partial charge in [-0.25, -0.2) is 0 Å². The van der Waals surface area contributed by atoms with Gasteiger partial charge in [0.05, 0.1) is 12.5 Å². The van der Waals surface area contributed by atoms with Crippen molar-refractivity contribution in [3.05, 3.63) is 71.9 Å². The van der Waals surface area contributed by atoms with Gasteiger partial charge in [-0.3, -0.25) is 4.79 Å². The molecule has 0 saturated heterocycles. The highest BCUT2D eigenvalue weighted by Crippen LogP contribution is 2.29. The maximum absolute atomic E-state index is 12.3. The fraction of sp³-hybridized carbons (Fsp3) is 0.318. The first-order valence-electron chi connectivity index (χ1n) is 9.47. The minimum Gasteiger partial charge on any atom is -0.361 e. The molecule has 1 aliphatic carbocycles. The molecule has 2 aromatic carbocycles. The Bertz CT molecular complexity index is 883. The maximum atomic E-state index is 12.3. The molecule has 134 valence electrons. The van der Waals surface area contributed by atoms with Gasteiger partial charge >= 0.3 is 0 Å². The van der Waals surface area contributed by atoms with Crippen LogP contribution in [-0.4, -0.2) is 29.5 Å². The highest BCUT2D eigenvalue weighted by atomic mass is 16.2. The summed E-state index contributed by atoms with van der Waals surface area (Å²) in [5.41, 5.74) is 3.73. The van der Waals surface area contributed by atoms with Gasteiger partial charge < -0.3 is 15.6 Å². The number of nitrogens with two attached hydrogens (primary N) is 1. The van der Waals surface area contributed by atoms with E-state index in [-0.39, 0.29) is 17.9 Å². The smallest absolute Gasteiger partial charge is 0.278 e. The number of para-hydroxylation sites is 1. The summed E-state index contributed by atoms with van der Waals surface area (Å²) >= 11 is 0. The Morgan fingerprint density at radius 3 is 2.65 bits per heavy atom. The lowest BCUT2D eigenvalue weighted by Crippen LogP contribution is -2.92. The molecule has 4 rings (SSSR count). The first kappa shape index (κ1) is 16.9. The Labute approximate surface area is 154 Å². The van der Waals surface area contributed by atoms with Crippen molar-refractivity contribution in [1.29, 1.82) is 0 Å². The van der Waals surface area contributed by atoms with Crippen molar-refractivity contribution >= 4 is 16.8 Å². The van der Waals surface area contributed by atoms with Crippen molar-refractivity contribution in [2.24, 2.45) is 0 Å². The van der Waals surface area contributed by atoms with E-state index >= 15 is 0 Å².